The maximum atomic E-state index is 13.2. The summed E-state index contributed by atoms with van der Waals surface area (Å²) in [7, 11) is 0. The zero-order valence-electron chi connectivity index (χ0n) is 19.5. The molecule has 0 saturated carbocycles. The molecular formula is C25H28N4O3S2. The Kier molecular flexibility index (Phi) is 7.43. The molecule has 2 aromatic heterocycles. The van der Waals surface area contributed by atoms with Crippen LogP contribution in [0.2, 0.25) is 0 Å². The van der Waals surface area contributed by atoms with Crippen LogP contribution in [0.4, 0.5) is 15.5 Å². The molecule has 0 spiro atoms. The Balaban J connectivity index is 1.45. The summed E-state index contributed by atoms with van der Waals surface area (Å²) in [4.78, 5) is 32.9. The lowest BCUT2D eigenvalue weighted by Crippen LogP contribution is -2.38. The summed E-state index contributed by atoms with van der Waals surface area (Å²) in [6.45, 7) is 7.76. The molecule has 9 heteroatoms. The largest absolute Gasteiger partial charge is 0.457 e. The molecule has 178 valence electrons. The van der Waals surface area contributed by atoms with Gasteiger partial charge in [0.05, 0.1) is 5.56 Å². The van der Waals surface area contributed by atoms with Crippen molar-refractivity contribution < 1.29 is 14.3 Å². The highest BCUT2D eigenvalue weighted by atomic mass is 32.2. The van der Waals surface area contributed by atoms with E-state index in [0.29, 0.717) is 27.8 Å². The molecule has 7 nitrogen and oxygen atoms in total. The van der Waals surface area contributed by atoms with Gasteiger partial charge in [-0.05, 0) is 47.9 Å². The molecule has 1 aromatic carbocycles. The molecule has 3 aromatic rings. The number of hydrogen-bond donors (Lipinski definition) is 2. The second-order valence-corrected chi connectivity index (χ2v) is 11.2. The highest BCUT2D eigenvalue weighted by Gasteiger charge is 2.27. The SMILES string of the molecule is CC(C)(C)c1cc(C(=O)N2CCSCC2)c(NC(=O)Nc2ccc(Oc3ccncc3)cc2)s1. The third-order valence-corrected chi connectivity index (χ3v) is 7.64. The number of nitrogens with zero attached hydrogens (tertiary/aromatic N) is 2. The van der Waals surface area contributed by atoms with Crippen LogP contribution in [0.15, 0.2) is 54.9 Å². The van der Waals surface area contributed by atoms with Gasteiger partial charge in [-0.2, -0.15) is 11.8 Å². The van der Waals surface area contributed by atoms with E-state index < -0.39 is 6.03 Å². The third kappa shape index (κ3) is 6.09. The molecule has 3 heterocycles. The Bertz CT molecular complexity index is 1140. The van der Waals surface area contributed by atoms with Crippen molar-refractivity contribution in [1.29, 1.82) is 0 Å². The number of aromatic nitrogens is 1. The van der Waals surface area contributed by atoms with E-state index in [9.17, 15) is 9.59 Å². The summed E-state index contributed by atoms with van der Waals surface area (Å²) < 4.78 is 5.76. The van der Waals surface area contributed by atoms with Crippen molar-refractivity contribution in [1.82, 2.24) is 9.88 Å². The molecule has 1 aliphatic heterocycles. The van der Waals surface area contributed by atoms with Crippen molar-refractivity contribution in [2.24, 2.45) is 0 Å². The number of carbonyl (C=O) groups is 2. The van der Waals surface area contributed by atoms with Crippen molar-refractivity contribution in [3.8, 4) is 11.5 Å². The molecule has 1 fully saturated rings. The summed E-state index contributed by atoms with van der Waals surface area (Å²) in [5, 5.41) is 6.31. The predicted molar refractivity (Wildman–Crippen MR) is 140 cm³/mol. The topological polar surface area (TPSA) is 83.6 Å². The second kappa shape index (κ2) is 10.5. The van der Waals surface area contributed by atoms with Crippen LogP contribution in [0.25, 0.3) is 0 Å². The Labute approximate surface area is 207 Å². The van der Waals surface area contributed by atoms with Gasteiger partial charge in [0.15, 0.2) is 0 Å². The number of nitrogens with one attached hydrogen (secondary N) is 2. The van der Waals surface area contributed by atoms with Gasteiger partial charge in [0.25, 0.3) is 5.91 Å². The van der Waals surface area contributed by atoms with Gasteiger partial charge in [0.2, 0.25) is 0 Å². The number of anilines is 2. The molecule has 0 aliphatic carbocycles. The van der Waals surface area contributed by atoms with Gasteiger partial charge < -0.3 is 15.0 Å². The maximum absolute atomic E-state index is 13.2. The Morgan fingerprint density at radius 2 is 1.62 bits per heavy atom. The van der Waals surface area contributed by atoms with Crippen LogP contribution in [-0.2, 0) is 5.41 Å². The minimum absolute atomic E-state index is 0.0278. The minimum atomic E-state index is -0.395. The van der Waals surface area contributed by atoms with Crippen LogP contribution in [-0.4, -0.2) is 46.4 Å². The molecule has 0 unspecified atom stereocenters. The third-order valence-electron chi connectivity index (χ3n) is 5.22. The second-order valence-electron chi connectivity index (χ2n) is 8.90. The van der Waals surface area contributed by atoms with Crippen LogP contribution < -0.4 is 15.4 Å². The lowest BCUT2D eigenvalue weighted by molar-refractivity contribution is 0.0773. The van der Waals surface area contributed by atoms with Gasteiger partial charge in [0.1, 0.15) is 16.5 Å². The van der Waals surface area contributed by atoms with E-state index in [1.165, 1.54) is 11.3 Å². The summed E-state index contributed by atoms with van der Waals surface area (Å²) in [6.07, 6.45) is 3.32. The summed E-state index contributed by atoms with van der Waals surface area (Å²) in [5.74, 6) is 3.18. The highest BCUT2D eigenvalue weighted by Crippen LogP contribution is 2.37. The predicted octanol–water partition coefficient (Wildman–Crippen LogP) is 6.07. The van der Waals surface area contributed by atoms with Crippen molar-refractivity contribution in [2.75, 3.05) is 35.2 Å². The smallest absolute Gasteiger partial charge is 0.324 e. The molecule has 0 atom stereocenters. The summed E-state index contributed by atoms with van der Waals surface area (Å²) in [6, 6.07) is 12.2. The Morgan fingerprint density at radius 3 is 2.26 bits per heavy atom. The first-order valence-corrected chi connectivity index (χ1v) is 13.0. The average molecular weight is 497 g/mol. The van der Waals surface area contributed by atoms with Crippen LogP contribution in [0.3, 0.4) is 0 Å². The number of ether oxygens (including phenoxy) is 1. The lowest BCUT2D eigenvalue weighted by atomic mass is 9.94. The number of pyridine rings is 1. The summed E-state index contributed by atoms with van der Waals surface area (Å²) in [5.41, 5.74) is 1.05. The minimum Gasteiger partial charge on any atom is -0.457 e. The average Bonchev–Trinajstić information content (AvgIpc) is 3.25. The van der Waals surface area contributed by atoms with Gasteiger partial charge >= 0.3 is 6.03 Å². The van der Waals surface area contributed by atoms with Crippen molar-refractivity contribution >= 4 is 45.7 Å². The number of amides is 3. The number of rotatable bonds is 5. The first kappa shape index (κ1) is 24.1. The normalized spacial score (nSPS) is 13.9. The molecule has 2 N–H and O–H groups in total. The summed E-state index contributed by atoms with van der Waals surface area (Å²) >= 11 is 3.31. The Hall–Kier alpha value is -3.04. The van der Waals surface area contributed by atoms with Gasteiger partial charge in [0, 0.05) is 47.6 Å². The number of thiophene rings is 1. The van der Waals surface area contributed by atoms with Crippen molar-refractivity contribution in [2.45, 2.75) is 26.2 Å². The number of thioether (sulfide) groups is 1. The van der Waals surface area contributed by atoms with Crippen molar-refractivity contribution in [3.63, 3.8) is 0 Å². The maximum Gasteiger partial charge on any atom is 0.324 e. The fourth-order valence-corrected chi connectivity index (χ4v) is 5.37. The fourth-order valence-electron chi connectivity index (χ4n) is 3.36. The molecule has 1 aliphatic rings. The van der Waals surface area contributed by atoms with E-state index in [0.717, 1.165) is 29.5 Å². The lowest BCUT2D eigenvalue weighted by Gasteiger charge is -2.26. The first-order chi connectivity index (χ1) is 16.3. The zero-order valence-corrected chi connectivity index (χ0v) is 21.1. The number of hydrogen-bond acceptors (Lipinski definition) is 6. The van der Waals surface area contributed by atoms with Gasteiger partial charge in [-0.3, -0.25) is 15.1 Å². The fraction of sp³-hybridized carbons (Fsp3) is 0.320. The van der Waals surface area contributed by atoms with Crippen LogP contribution in [0.5, 0.6) is 11.5 Å². The van der Waals surface area contributed by atoms with Gasteiger partial charge in [-0.25, -0.2) is 4.79 Å². The highest BCUT2D eigenvalue weighted by molar-refractivity contribution is 7.99. The molecule has 4 rings (SSSR count). The molecular weight excluding hydrogens is 468 g/mol. The first-order valence-electron chi connectivity index (χ1n) is 11.1. The van der Waals surface area contributed by atoms with Gasteiger partial charge in [-0.15, -0.1) is 11.3 Å². The van der Waals surface area contributed by atoms with Gasteiger partial charge in [-0.1, -0.05) is 20.8 Å². The van der Waals surface area contributed by atoms with Crippen molar-refractivity contribution in [3.05, 3.63) is 65.3 Å². The molecule has 34 heavy (non-hydrogen) atoms. The van der Waals surface area contributed by atoms with Crippen LogP contribution in [0, 0.1) is 0 Å². The molecule has 0 bridgehead atoms. The standard InChI is InChI=1S/C25H28N4O3S2/c1-25(2,3)21-16-20(23(30)29-12-14-33-15-13-29)22(34-21)28-24(31)27-17-4-6-18(7-5-17)32-19-8-10-26-11-9-19/h4-11,16H,12-15H2,1-3H3,(H2,27,28,31). The quantitative estimate of drug-likeness (QED) is 0.448. The molecule has 1 saturated heterocycles. The van der Waals surface area contributed by atoms with Crippen LogP contribution >= 0.6 is 23.1 Å². The van der Waals surface area contributed by atoms with E-state index in [1.807, 2.05) is 22.7 Å². The monoisotopic (exact) mass is 496 g/mol. The van der Waals surface area contributed by atoms with E-state index in [4.69, 9.17) is 4.74 Å². The van der Waals surface area contributed by atoms with E-state index in [2.05, 4.69) is 36.4 Å². The number of urea groups is 1. The molecule has 0 radical (unpaired) electrons. The number of carbonyl (C=O) groups excluding carboxylic acids is 2. The number of benzene rings is 1. The van der Waals surface area contributed by atoms with E-state index >= 15 is 0 Å². The molecule has 3 amide bonds. The van der Waals surface area contributed by atoms with E-state index in [-0.39, 0.29) is 11.3 Å². The zero-order chi connectivity index (χ0) is 24.1. The van der Waals surface area contributed by atoms with E-state index in [1.54, 1.807) is 48.8 Å². The van der Waals surface area contributed by atoms with Crippen LogP contribution in [0.1, 0.15) is 36.0 Å². The Morgan fingerprint density at radius 1 is 0.971 bits per heavy atom.